The van der Waals surface area contributed by atoms with Crippen molar-refractivity contribution in [1.82, 2.24) is 9.80 Å². The normalized spacial score (nSPS) is 16.7. The van der Waals surface area contributed by atoms with Crippen molar-refractivity contribution < 1.29 is 37.0 Å². The summed E-state index contributed by atoms with van der Waals surface area (Å²) in [6, 6.07) is 5.97. The molecule has 0 spiro atoms. The van der Waals surface area contributed by atoms with Crippen molar-refractivity contribution in [3.05, 3.63) is 35.4 Å². The van der Waals surface area contributed by atoms with E-state index < -0.39 is 18.7 Å². The summed E-state index contributed by atoms with van der Waals surface area (Å²) in [6.45, 7) is 1.09. The van der Waals surface area contributed by atoms with Crippen molar-refractivity contribution in [3.8, 4) is 0 Å². The van der Waals surface area contributed by atoms with E-state index >= 15 is 0 Å². The summed E-state index contributed by atoms with van der Waals surface area (Å²) in [5, 5.41) is 0. The highest BCUT2D eigenvalue weighted by atomic mass is 19.4. The molecule has 2 amide bonds. The molecule has 0 radical (unpaired) electrons. The van der Waals surface area contributed by atoms with Crippen molar-refractivity contribution in [2.24, 2.45) is 5.92 Å². The minimum Gasteiger partial charge on any atom is -0.466 e. The van der Waals surface area contributed by atoms with Gasteiger partial charge in [-0.25, -0.2) is 0 Å². The Balaban J connectivity index is 1.87. The Hall–Kier alpha value is -2.62. The number of alkyl halides is 3. The van der Waals surface area contributed by atoms with Crippen molar-refractivity contribution in [1.29, 1.82) is 0 Å². The standard InChI is InChI=1S/C21H27F3N2O5/c1-3-31-20(29)17-5-4-10-26(11-17)18(27)12-25(2)19(28)16-8-6-15(7-9-16)13-30-14-21(22,23)24/h6-9,17H,3-5,10-14H2,1-2H3/t17-/m0/s1. The summed E-state index contributed by atoms with van der Waals surface area (Å²) in [4.78, 5) is 39.9. The second-order valence-corrected chi connectivity index (χ2v) is 7.40. The SMILES string of the molecule is CCOC(=O)[C@H]1CCCN(C(=O)CN(C)C(=O)c2ccc(COCC(F)(F)F)cc2)C1. The molecule has 10 heteroatoms. The molecular formula is C21H27F3N2O5. The van der Waals surface area contributed by atoms with Gasteiger partial charge in [0.1, 0.15) is 6.61 Å². The monoisotopic (exact) mass is 444 g/mol. The number of benzene rings is 1. The lowest BCUT2D eigenvalue weighted by Crippen LogP contribution is -2.47. The number of nitrogens with zero attached hydrogens (tertiary/aromatic N) is 2. The van der Waals surface area contributed by atoms with Gasteiger partial charge in [0.05, 0.1) is 25.7 Å². The number of carbonyl (C=O) groups excluding carboxylic acids is 3. The quantitative estimate of drug-likeness (QED) is 0.577. The molecule has 0 unspecified atom stereocenters. The largest absolute Gasteiger partial charge is 0.466 e. The van der Waals surface area contributed by atoms with Crippen molar-refractivity contribution >= 4 is 17.8 Å². The van der Waals surface area contributed by atoms with E-state index in [4.69, 9.17) is 4.74 Å². The molecule has 1 aromatic rings. The van der Waals surface area contributed by atoms with Gasteiger partial charge in [0.2, 0.25) is 5.91 Å². The van der Waals surface area contributed by atoms with Crippen LogP contribution < -0.4 is 0 Å². The van der Waals surface area contributed by atoms with Crippen LogP contribution in [0.3, 0.4) is 0 Å². The van der Waals surface area contributed by atoms with Crippen LogP contribution in [0.2, 0.25) is 0 Å². The average Bonchev–Trinajstić information content (AvgIpc) is 2.73. The summed E-state index contributed by atoms with van der Waals surface area (Å²) < 4.78 is 46.0. The van der Waals surface area contributed by atoms with Crippen LogP contribution in [0.1, 0.15) is 35.7 Å². The van der Waals surface area contributed by atoms with Gasteiger partial charge in [-0.05, 0) is 37.5 Å². The molecule has 172 valence electrons. The molecule has 31 heavy (non-hydrogen) atoms. The Morgan fingerprint density at radius 2 is 1.87 bits per heavy atom. The Bertz CT molecular complexity index is 767. The van der Waals surface area contributed by atoms with Crippen LogP contribution in [0.5, 0.6) is 0 Å². The van der Waals surface area contributed by atoms with Gasteiger partial charge in [-0.3, -0.25) is 14.4 Å². The maximum absolute atomic E-state index is 12.6. The van der Waals surface area contributed by atoms with Gasteiger partial charge in [-0.2, -0.15) is 13.2 Å². The molecule has 0 bridgehead atoms. The molecular weight excluding hydrogens is 417 g/mol. The third-order valence-corrected chi connectivity index (χ3v) is 4.85. The minimum absolute atomic E-state index is 0.148. The van der Waals surface area contributed by atoms with Crippen LogP contribution in [0, 0.1) is 5.92 Å². The second kappa shape index (κ2) is 11.1. The number of esters is 1. The van der Waals surface area contributed by atoms with E-state index in [1.807, 2.05) is 0 Å². The maximum atomic E-state index is 12.6. The highest BCUT2D eigenvalue weighted by Crippen LogP contribution is 2.19. The first kappa shape index (κ1) is 24.6. The average molecular weight is 444 g/mol. The lowest BCUT2D eigenvalue weighted by atomic mass is 9.98. The lowest BCUT2D eigenvalue weighted by molar-refractivity contribution is -0.176. The molecule has 1 saturated heterocycles. The summed E-state index contributed by atoms with van der Waals surface area (Å²) >= 11 is 0. The Labute approximate surface area is 179 Å². The van der Waals surface area contributed by atoms with Crippen molar-refractivity contribution in [2.75, 3.05) is 39.9 Å². The summed E-state index contributed by atoms with van der Waals surface area (Å²) in [7, 11) is 1.49. The molecule has 0 aliphatic carbocycles. The fourth-order valence-corrected chi connectivity index (χ4v) is 3.28. The van der Waals surface area contributed by atoms with Gasteiger partial charge in [-0.15, -0.1) is 0 Å². The van der Waals surface area contributed by atoms with Crippen LogP contribution in [0.15, 0.2) is 24.3 Å². The number of likely N-dealkylation sites (N-methyl/N-ethyl adjacent to an activating group) is 1. The first-order chi connectivity index (χ1) is 14.6. The van der Waals surface area contributed by atoms with Gasteiger partial charge in [0.25, 0.3) is 5.91 Å². The minimum atomic E-state index is -4.39. The van der Waals surface area contributed by atoms with Gasteiger partial charge >= 0.3 is 12.1 Å². The Morgan fingerprint density at radius 1 is 1.19 bits per heavy atom. The summed E-state index contributed by atoms with van der Waals surface area (Å²) in [5.41, 5.74) is 0.802. The van der Waals surface area contributed by atoms with Gasteiger partial charge < -0.3 is 19.3 Å². The first-order valence-electron chi connectivity index (χ1n) is 10.0. The van der Waals surface area contributed by atoms with Crippen LogP contribution in [0.4, 0.5) is 13.2 Å². The number of amides is 2. The van der Waals surface area contributed by atoms with Gasteiger partial charge in [0.15, 0.2) is 0 Å². The predicted molar refractivity (Wildman–Crippen MR) is 105 cm³/mol. The van der Waals surface area contributed by atoms with Crippen LogP contribution in [0.25, 0.3) is 0 Å². The highest BCUT2D eigenvalue weighted by Gasteiger charge is 2.30. The third kappa shape index (κ3) is 7.86. The van der Waals surface area contributed by atoms with E-state index in [0.29, 0.717) is 30.5 Å². The molecule has 1 aliphatic heterocycles. The van der Waals surface area contributed by atoms with Crippen molar-refractivity contribution in [2.45, 2.75) is 32.5 Å². The number of likely N-dealkylation sites (tertiary alicyclic amines) is 1. The van der Waals surface area contributed by atoms with Crippen molar-refractivity contribution in [3.63, 3.8) is 0 Å². The number of halogens is 3. The van der Waals surface area contributed by atoms with Crippen LogP contribution in [-0.2, 0) is 25.7 Å². The molecule has 1 aromatic carbocycles. The fraction of sp³-hybridized carbons (Fsp3) is 0.571. The zero-order valence-electron chi connectivity index (χ0n) is 17.6. The zero-order chi connectivity index (χ0) is 23.0. The smallest absolute Gasteiger partial charge is 0.411 e. The number of carbonyl (C=O) groups is 3. The van der Waals surface area contributed by atoms with E-state index in [1.165, 1.54) is 36.2 Å². The van der Waals surface area contributed by atoms with E-state index in [0.717, 1.165) is 0 Å². The first-order valence-corrected chi connectivity index (χ1v) is 10.0. The number of ether oxygens (including phenoxy) is 2. The fourth-order valence-electron chi connectivity index (χ4n) is 3.28. The van der Waals surface area contributed by atoms with Crippen LogP contribution in [-0.4, -0.2) is 73.7 Å². The number of hydrogen-bond donors (Lipinski definition) is 0. The molecule has 0 aromatic heterocycles. The number of rotatable bonds is 8. The Morgan fingerprint density at radius 3 is 2.48 bits per heavy atom. The van der Waals surface area contributed by atoms with Gasteiger partial charge in [0, 0.05) is 25.7 Å². The third-order valence-electron chi connectivity index (χ3n) is 4.85. The summed E-state index contributed by atoms with van der Waals surface area (Å²) in [6.07, 6.45) is -3.04. The number of piperidine rings is 1. The maximum Gasteiger partial charge on any atom is 0.411 e. The van der Waals surface area contributed by atoms with E-state index in [9.17, 15) is 27.6 Å². The van der Waals surface area contributed by atoms with E-state index in [-0.39, 0.29) is 44.1 Å². The van der Waals surface area contributed by atoms with Crippen LogP contribution >= 0.6 is 0 Å². The number of hydrogen-bond acceptors (Lipinski definition) is 5. The van der Waals surface area contributed by atoms with E-state index in [2.05, 4.69) is 4.74 Å². The lowest BCUT2D eigenvalue weighted by Gasteiger charge is -2.32. The Kier molecular flexibility index (Phi) is 8.85. The molecule has 1 atom stereocenters. The summed E-state index contributed by atoms with van der Waals surface area (Å²) in [5.74, 6) is -1.33. The topological polar surface area (TPSA) is 76.2 Å². The molecule has 1 heterocycles. The molecule has 1 aliphatic rings. The molecule has 0 N–H and O–H groups in total. The molecule has 1 fully saturated rings. The second-order valence-electron chi connectivity index (χ2n) is 7.40. The molecule has 0 saturated carbocycles. The highest BCUT2D eigenvalue weighted by molar-refractivity contribution is 5.96. The molecule has 7 nitrogen and oxygen atoms in total. The van der Waals surface area contributed by atoms with Gasteiger partial charge in [-0.1, -0.05) is 12.1 Å². The zero-order valence-corrected chi connectivity index (χ0v) is 17.6. The predicted octanol–water partition coefficient (Wildman–Crippen LogP) is 2.64. The van der Waals surface area contributed by atoms with E-state index in [1.54, 1.807) is 11.8 Å². The molecule has 2 rings (SSSR count).